The molecule has 0 spiro atoms. The zero-order chi connectivity index (χ0) is 17.4. The van der Waals surface area contributed by atoms with Crippen molar-refractivity contribution >= 4 is 5.71 Å². The molecule has 0 N–H and O–H groups in total. The van der Waals surface area contributed by atoms with Gasteiger partial charge in [0.25, 0.3) is 0 Å². The van der Waals surface area contributed by atoms with Crippen molar-refractivity contribution < 1.29 is 9.47 Å². The summed E-state index contributed by atoms with van der Waals surface area (Å²) in [6, 6.07) is 13.3. The second-order valence-corrected chi connectivity index (χ2v) is 7.44. The SMILES string of the molecule is CC(C)Cc1ccc([C@H](C)C2=NCCc3cc4c(cc32)OCO4)cc1. The van der Waals surface area contributed by atoms with E-state index in [1.54, 1.807) is 0 Å². The fourth-order valence-corrected chi connectivity index (χ4v) is 3.75. The van der Waals surface area contributed by atoms with Crippen LogP contribution in [0.5, 0.6) is 11.5 Å². The van der Waals surface area contributed by atoms with Gasteiger partial charge in [0.15, 0.2) is 11.5 Å². The van der Waals surface area contributed by atoms with E-state index in [1.165, 1.54) is 22.3 Å². The van der Waals surface area contributed by atoms with E-state index < -0.39 is 0 Å². The molecule has 130 valence electrons. The monoisotopic (exact) mass is 335 g/mol. The van der Waals surface area contributed by atoms with Crippen LogP contribution in [0.3, 0.4) is 0 Å². The summed E-state index contributed by atoms with van der Waals surface area (Å²) >= 11 is 0. The van der Waals surface area contributed by atoms with E-state index in [0.717, 1.165) is 36.6 Å². The van der Waals surface area contributed by atoms with Gasteiger partial charge in [-0.25, -0.2) is 0 Å². The predicted molar refractivity (Wildman–Crippen MR) is 101 cm³/mol. The van der Waals surface area contributed by atoms with E-state index in [1.807, 2.05) is 0 Å². The van der Waals surface area contributed by atoms with Gasteiger partial charge in [-0.2, -0.15) is 0 Å². The lowest BCUT2D eigenvalue weighted by Gasteiger charge is -2.23. The highest BCUT2D eigenvalue weighted by molar-refractivity contribution is 6.07. The van der Waals surface area contributed by atoms with Gasteiger partial charge in [-0.1, -0.05) is 45.0 Å². The van der Waals surface area contributed by atoms with Gasteiger partial charge in [-0.15, -0.1) is 0 Å². The van der Waals surface area contributed by atoms with Crippen LogP contribution in [-0.2, 0) is 12.8 Å². The largest absolute Gasteiger partial charge is 0.454 e. The molecule has 2 heterocycles. The van der Waals surface area contributed by atoms with Crippen LogP contribution < -0.4 is 9.47 Å². The van der Waals surface area contributed by atoms with Crippen molar-refractivity contribution in [3.63, 3.8) is 0 Å². The summed E-state index contributed by atoms with van der Waals surface area (Å²) in [4.78, 5) is 4.86. The highest BCUT2D eigenvalue weighted by atomic mass is 16.7. The Labute approximate surface area is 149 Å². The van der Waals surface area contributed by atoms with Gasteiger partial charge >= 0.3 is 0 Å². The molecule has 0 radical (unpaired) electrons. The van der Waals surface area contributed by atoms with Gasteiger partial charge in [0, 0.05) is 23.7 Å². The smallest absolute Gasteiger partial charge is 0.231 e. The molecular weight excluding hydrogens is 310 g/mol. The highest BCUT2D eigenvalue weighted by Gasteiger charge is 2.25. The Kier molecular flexibility index (Phi) is 4.24. The molecule has 0 aliphatic carbocycles. The number of nitrogens with zero attached hydrogens (tertiary/aromatic N) is 1. The zero-order valence-electron chi connectivity index (χ0n) is 15.2. The average Bonchev–Trinajstić information content (AvgIpc) is 3.06. The molecule has 1 atom stereocenters. The van der Waals surface area contributed by atoms with Crippen molar-refractivity contribution in [3.05, 3.63) is 58.7 Å². The molecule has 2 aromatic carbocycles. The number of benzene rings is 2. The second-order valence-electron chi connectivity index (χ2n) is 7.44. The van der Waals surface area contributed by atoms with E-state index in [0.29, 0.717) is 12.7 Å². The van der Waals surface area contributed by atoms with Gasteiger partial charge in [-0.05, 0) is 47.6 Å². The Hall–Kier alpha value is -2.29. The molecule has 3 nitrogen and oxygen atoms in total. The zero-order valence-corrected chi connectivity index (χ0v) is 15.2. The lowest BCUT2D eigenvalue weighted by Crippen LogP contribution is -2.18. The van der Waals surface area contributed by atoms with Crippen LogP contribution in [0.15, 0.2) is 41.4 Å². The van der Waals surface area contributed by atoms with Gasteiger partial charge in [0.05, 0.1) is 0 Å². The first-order chi connectivity index (χ1) is 12.1. The lowest BCUT2D eigenvalue weighted by molar-refractivity contribution is 0.174. The van der Waals surface area contributed by atoms with E-state index in [4.69, 9.17) is 14.5 Å². The van der Waals surface area contributed by atoms with Crippen molar-refractivity contribution in [1.82, 2.24) is 0 Å². The van der Waals surface area contributed by atoms with Crippen molar-refractivity contribution in [2.24, 2.45) is 10.9 Å². The summed E-state index contributed by atoms with van der Waals surface area (Å²) in [7, 11) is 0. The first kappa shape index (κ1) is 16.2. The summed E-state index contributed by atoms with van der Waals surface area (Å²) in [6.45, 7) is 7.92. The van der Waals surface area contributed by atoms with Gasteiger partial charge < -0.3 is 9.47 Å². The van der Waals surface area contributed by atoms with Crippen molar-refractivity contribution in [3.8, 4) is 11.5 Å². The first-order valence-electron chi connectivity index (χ1n) is 9.18. The van der Waals surface area contributed by atoms with Gasteiger partial charge in [-0.3, -0.25) is 4.99 Å². The number of hydrogen-bond acceptors (Lipinski definition) is 3. The number of rotatable bonds is 4. The van der Waals surface area contributed by atoms with Crippen LogP contribution in [-0.4, -0.2) is 19.0 Å². The lowest BCUT2D eigenvalue weighted by atomic mass is 9.86. The van der Waals surface area contributed by atoms with Crippen molar-refractivity contribution in [1.29, 1.82) is 0 Å². The van der Waals surface area contributed by atoms with E-state index in [-0.39, 0.29) is 5.92 Å². The Morgan fingerprint density at radius 2 is 1.72 bits per heavy atom. The number of fused-ring (bicyclic) bond motifs is 2. The normalized spacial score (nSPS) is 16.6. The molecule has 0 amide bonds. The molecule has 2 aliphatic heterocycles. The van der Waals surface area contributed by atoms with Crippen molar-refractivity contribution in [2.75, 3.05) is 13.3 Å². The van der Waals surface area contributed by atoms with Crippen LogP contribution >= 0.6 is 0 Å². The molecule has 4 rings (SSSR count). The standard InChI is InChI=1S/C22H25NO2/c1-14(2)10-16-4-6-17(7-5-16)15(3)22-19-12-21-20(24-13-25-21)11-18(19)8-9-23-22/h4-7,11-12,14-15H,8-10,13H2,1-3H3/t15-/m0/s1. The molecule has 0 fully saturated rings. The Morgan fingerprint density at radius 3 is 2.44 bits per heavy atom. The van der Waals surface area contributed by atoms with Crippen molar-refractivity contribution in [2.45, 2.75) is 39.5 Å². The van der Waals surface area contributed by atoms with E-state index >= 15 is 0 Å². The molecule has 2 aliphatic rings. The molecule has 0 unspecified atom stereocenters. The summed E-state index contributed by atoms with van der Waals surface area (Å²) < 4.78 is 11.1. The minimum Gasteiger partial charge on any atom is -0.454 e. The number of hydrogen-bond donors (Lipinski definition) is 0. The fourth-order valence-electron chi connectivity index (χ4n) is 3.75. The Morgan fingerprint density at radius 1 is 1.00 bits per heavy atom. The third kappa shape index (κ3) is 3.15. The fraction of sp³-hybridized carbons (Fsp3) is 0.409. The maximum absolute atomic E-state index is 5.57. The molecule has 0 saturated heterocycles. The third-order valence-electron chi connectivity index (χ3n) is 5.07. The second kappa shape index (κ2) is 6.55. The third-order valence-corrected chi connectivity index (χ3v) is 5.07. The summed E-state index contributed by atoms with van der Waals surface area (Å²) in [6.07, 6.45) is 2.09. The first-order valence-corrected chi connectivity index (χ1v) is 9.18. The summed E-state index contributed by atoms with van der Waals surface area (Å²) in [5.41, 5.74) is 6.42. The molecule has 2 aromatic rings. The summed E-state index contributed by atoms with van der Waals surface area (Å²) in [5, 5.41) is 0. The molecule has 3 heteroatoms. The maximum Gasteiger partial charge on any atom is 0.231 e. The molecule has 0 saturated carbocycles. The topological polar surface area (TPSA) is 30.8 Å². The molecular formula is C22H25NO2. The number of ether oxygens (including phenoxy) is 2. The molecule has 0 aromatic heterocycles. The minimum atomic E-state index is 0.271. The quantitative estimate of drug-likeness (QED) is 0.806. The average molecular weight is 335 g/mol. The van der Waals surface area contributed by atoms with Crippen LogP contribution in [0.4, 0.5) is 0 Å². The van der Waals surface area contributed by atoms with Gasteiger partial charge in [0.1, 0.15) is 0 Å². The van der Waals surface area contributed by atoms with E-state index in [2.05, 4.69) is 57.2 Å². The van der Waals surface area contributed by atoms with E-state index in [9.17, 15) is 0 Å². The number of aliphatic imine (C=N–C) groups is 1. The maximum atomic E-state index is 5.57. The van der Waals surface area contributed by atoms with Crippen LogP contribution in [0.2, 0.25) is 0 Å². The predicted octanol–water partition coefficient (Wildman–Crippen LogP) is 4.76. The van der Waals surface area contributed by atoms with Crippen LogP contribution in [0, 0.1) is 5.92 Å². The summed E-state index contributed by atoms with van der Waals surface area (Å²) in [5.74, 6) is 2.66. The molecule has 25 heavy (non-hydrogen) atoms. The molecule has 0 bridgehead atoms. The Bertz CT molecular complexity index is 806. The Balaban J connectivity index is 1.63. The van der Waals surface area contributed by atoms with Gasteiger partial charge in [0.2, 0.25) is 6.79 Å². The van der Waals surface area contributed by atoms with Crippen LogP contribution in [0.25, 0.3) is 0 Å². The minimum absolute atomic E-state index is 0.271. The van der Waals surface area contributed by atoms with Crippen LogP contribution in [0.1, 0.15) is 48.9 Å². The highest BCUT2D eigenvalue weighted by Crippen LogP contribution is 2.38.